The molecule has 3 atom stereocenters. The van der Waals surface area contributed by atoms with Crippen molar-refractivity contribution >= 4 is 23.5 Å². The van der Waals surface area contributed by atoms with Crippen molar-refractivity contribution in [1.29, 1.82) is 0 Å². The number of amides is 2. The van der Waals surface area contributed by atoms with Crippen LogP contribution in [0.5, 0.6) is 5.75 Å². The van der Waals surface area contributed by atoms with Crippen molar-refractivity contribution in [2.45, 2.75) is 57.0 Å². The highest BCUT2D eigenvalue weighted by Gasteiger charge is 2.47. The highest BCUT2D eigenvalue weighted by molar-refractivity contribution is 5.95. The van der Waals surface area contributed by atoms with Gasteiger partial charge in [-0.15, -0.1) is 0 Å². The Labute approximate surface area is 164 Å². The normalized spacial score (nSPS) is 27.0. The van der Waals surface area contributed by atoms with E-state index in [1.54, 1.807) is 21.9 Å². The van der Waals surface area contributed by atoms with Crippen LogP contribution in [0.2, 0.25) is 0 Å². The average Bonchev–Trinajstić information content (AvgIpc) is 3.30. The fourth-order valence-corrected chi connectivity index (χ4v) is 4.90. The molecular formula is C21H26N2O5. The summed E-state index contributed by atoms with van der Waals surface area (Å²) in [6.07, 6.45) is 6.01. The Morgan fingerprint density at radius 3 is 2.54 bits per heavy atom. The zero-order valence-corrected chi connectivity index (χ0v) is 15.9. The summed E-state index contributed by atoms with van der Waals surface area (Å²) in [6.45, 7) is 0.556. The lowest BCUT2D eigenvalue weighted by atomic mass is 9.85. The Bertz CT molecular complexity index is 763. The van der Waals surface area contributed by atoms with Gasteiger partial charge in [-0.25, -0.2) is 4.79 Å². The molecule has 2 saturated heterocycles. The largest absolute Gasteiger partial charge is 0.484 e. The standard InChI is InChI=1S/C21H26N2O5/c24-19-6-3-11-22(19)15-7-9-16(10-8-15)28-13-20(25)23-17-5-2-1-4-14(17)12-18(23)21(26)27/h7-10,14,17-18H,1-6,11-13H2,(H,26,27). The van der Waals surface area contributed by atoms with Crippen LogP contribution >= 0.6 is 0 Å². The van der Waals surface area contributed by atoms with Crippen LogP contribution in [0.15, 0.2) is 24.3 Å². The maximum absolute atomic E-state index is 12.8. The van der Waals surface area contributed by atoms with Gasteiger partial charge < -0.3 is 19.6 Å². The number of benzene rings is 1. The van der Waals surface area contributed by atoms with Crippen LogP contribution in [0.1, 0.15) is 44.9 Å². The molecule has 2 amide bonds. The maximum atomic E-state index is 12.8. The van der Waals surface area contributed by atoms with Gasteiger partial charge in [-0.1, -0.05) is 12.8 Å². The topological polar surface area (TPSA) is 87.2 Å². The predicted molar refractivity (Wildman–Crippen MR) is 102 cm³/mol. The number of hydrogen-bond acceptors (Lipinski definition) is 4. The third-order valence-electron chi connectivity index (χ3n) is 6.25. The molecule has 3 unspecified atom stereocenters. The lowest BCUT2D eigenvalue weighted by Gasteiger charge is -2.32. The molecule has 3 aliphatic rings. The Morgan fingerprint density at radius 2 is 1.86 bits per heavy atom. The molecule has 2 heterocycles. The highest BCUT2D eigenvalue weighted by Crippen LogP contribution is 2.39. The van der Waals surface area contributed by atoms with Crippen molar-refractivity contribution in [3.8, 4) is 5.75 Å². The number of ether oxygens (including phenoxy) is 1. The van der Waals surface area contributed by atoms with E-state index in [0.29, 0.717) is 18.6 Å². The molecule has 4 rings (SSSR count). The van der Waals surface area contributed by atoms with Crippen LogP contribution in [-0.4, -0.2) is 53.0 Å². The monoisotopic (exact) mass is 386 g/mol. The molecule has 1 aromatic rings. The first-order valence-corrected chi connectivity index (χ1v) is 10.1. The van der Waals surface area contributed by atoms with Crippen LogP contribution < -0.4 is 9.64 Å². The van der Waals surface area contributed by atoms with Gasteiger partial charge in [0.15, 0.2) is 6.61 Å². The lowest BCUT2D eigenvalue weighted by molar-refractivity contribution is -0.150. The number of carboxylic acid groups (broad SMARTS) is 1. The van der Waals surface area contributed by atoms with Crippen LogP contribution in [0.3, 0.4) is 0 Å². The van der Waals surface area contributed by atoms with Gasteiger partial charge in [-0.3, -0.25) is 9.59 Å². The predicted octanol–water partition coefficient (Wildman–Crippen LogP) is 2.44. The van der Waals surface area contributed by atoms with Crippen molar-refractivity contribution in [3.05, 3.63) is 24.3 Å². The van der Waals surface area contributed by atoms with Gasteiger partial charge in [0.05, 0.1) is 0 Å². The molecule has 7 heteroatoms. The maximum Gasteiger partial charge on any atom is 0.326 e. The van der Waals surface area contributed by atoms with E-state index in [2.05, 4.69) is 0 Å². The van der Waals surface area contributed by atoms with E-state index >= 15 is 0 Å². The van der Waals surface area contributed by atoms with Gasteiger partial charge in [0.25, 0.3) is 5.91 Å². The Morgan fingerprint density at radius 1 is 1.11 bits per heavy atom. The van der Waals surface area contributed by atoms with Gasteiger partial charge in [0.2, 0.25) is 5.91 Å². The molecule has 1 N–H and O–H groups in total. The van der Waals surface area contributed by atoms with Crippen molar-refractivity contribution < 1.29 is 24.2 Å². The molecular weight excluding hydrogens is 360 g/mol. The van der Waals surface area contributed by atoms with Gasteiger partial charge in [-0.2, -0.15) is 0 Å². The number of carboxylic acids is 1. The van der Waals surface area contributed by atoms with Crippen LogP contribution in [0.4, 0.5) is 5.69 Å². The van der Waals surface area contributed by atoms with Gasteiger partial charge >= 0.3 is 5.97 Å². The molecule has 2 aliphatic heterocycles. The van der Waals surface area contributed by atoms with E-state index in [9.17, 15) is 19.5 Å². The second-order valence-electron chi connectivity index (χ2n) is 7.93. The molecule has 0 spiro atoms. The Balaban J connectivity index is 1.39. The van der Waals surface area contributed by atoms with Gasteiger partial charge in [-0.05, 0) is 55.9 Å². The van der Waals surface area contributed by atoms with Crippen LogP contribution in [-0.2, 0) is 14.4 Å². The van der Waals surface area contributed by atoms with Crippen molar-refractivity contribution in [2.24, 2.45) is 5.92 Å². The second-order valence-corrected chi connectivity index (χ2v) is 7.93. The molecule has 0 bridgehead atoms. The van der Waals surface area contributed by atoms with E-state index in [1.165, 1.54) is 0 Å². The fourth-order valence-electron chi connectivity index (χ4n) is 4.90. The summed E-state index contributed by atoms with van der Waals surface area (Å²) in [4.78, 5) is 39.6. The van der Waals surface area contributed by atoms with Gasteiger partial charge in [0, 0.05) is 24.7 Å². The number of anilines is 1. The summed E-state index contributed by atoms with van der Waals surface area (Å²) in [5, 5.41) is 9.55. The average molecular weight is 386 g/mol. The quantitative estimate of drug-likeness (QED) is 0.840. The van der Waals surface area contributed by atoms with E-state index in [-0.39, 0.29) is 30.4 Å². The van der Waals surface area contributed by atoms with Crippen molar-refractivity contribution in [3.63, 3.8) is 0 Å². The van der Waals surface area contributed by atoms with E-state index < -0.39 is 12.0 Å². The molecule has 3 fully saturated rings. The smallest absolute Gasteiger partial charge is 0.326 e. The Hall–Kier alpha value is -2.57. The molecule has 1 aliphatic carbocycles. The van der Waals surface area contributed by atoms with Crippen LogP contribution in [0.25, 0.3) is 0 Å². The zero-order valence-electron chi connectivity index (χ0n) is 15.9. The molecule has 28 heavy (non-hydrogen) atoms. The lowest BCUT2D eigenvalue weighted by Crippen LogP contribution is -2.48. The van der Waals surface area contributed by atoms with Crippen molar-refractivity contribution in [2.75, 3.05) is 18.1 Å². The molecule has 150 valence electrons. The number of nitrogens with zero attached hydrogens (tertiary/aromatic N) is 2. The minimum atomic E-state index is -0.928. The zero-order chi connectivity index (χ0) is 19.7. The summed E-state index contributed by atoms with van der Waals surface area (Å²) >= 11 is 0. The van der Waals surface area contributed by atoms with E-state index in [1.807, 2.05) is 12.1 Å². The molecule has 7 nitrogen and oxygen atoms in total. The number of likely N-dealkylation sites (tertiary alicyclic amines) is 1. The fraction of sp³-hybridized carbons (Fsp3) is 0.571. The van der Waals surface area contributed by atoms with E-state index in [0.717, 1.165) is 44.3 Å². The summed E-state index contributed by atoms with van der Waals surface area (Å²) in [5.41, 5.74) is 0.830. The summed E-state index contributed by atoms with van der Waals surface area (Å²) in [7, 11) is 0. The molecule has 1 saturated carbocycles. The second kappa shape index (κ2) is 7.81. The summed E-state index contributed by atoms with van der Waals surface area (Å²) in [6, 6.07) is 6.40. The summed E-state index contributed by atoms with van der Waals surface area (Å²) in [5.74, 6) is -0.242. The number of hydrogen-bond donors (Lipinski definition) is 1. The first kappa shape index (κ1) is 18.8. The minimum Gasteiger partial charge on any atom is -0.484 e. The number of rotatable bonds is 5. The molecule has 0 aromatic heterocycles. The minimum absolute atomic E-state index is 0.0227. The third kappa shape index (κ3) is 3.57. The van der Waals surface area contributed by atoms with Crippen molar-refractivity contribution in [1.82, 2.24) is 4.90 Å². The number of carbonyl (C=O) groups excluding carboxylic acids is 2. The molecule has 0 radical (unpaired) electrons. The highest BCUT2D eigenvalue weighted by atomic mass is 16.5. The third-order valence-corrected chi connectivity index (χ3v) is 6.25. The number of carbonyl (C=O) groups is 3. The SMILES string of the molecule is O=C(O)C1CC2CCCCC2N1C(=O)COc1ccc(N2CCCC2=O)cc1. The van der Waals surface area contributed by atoms with Crippen LogP contribution in [0, 0.1) is 5.92 Å². The number of aliphatic carboxylic acids is 1. The van der Waals surface area contributed by atoms with E-state index in [4.69, 9.17) is 4.74 Å². The van der Waals surface area contributed by atoms with Gasteiger partial charge in [0.1, 0.15) is 11.8 Å². The number of fused-ring (bicyclic) bond motifs is 1. The first-order valence-electron chi connectivity index (χ1n) is 10.1. The first-order chi connectivity index (χ1) is 13.5. The Kier molecular flexibility index (Phi) is 5.24. The summed E-state index contributed by atoms with van der Waals surface area (Å²) < 4.78 is 5.64. The molecule has 1 aromatic carbocycles.